The number of anilines is 1. The average molecular weight is 307 g/mol. The number of methoxy groups -OCH3 is 1. The monoisotopic (exact) mass is 306 g/mol. The Bertz CT molecular complexity index is 543. The third kappa shape index (κ3) is 3.23. The SMILES string of the molecule is COc1cccc(CNc2ccc(Br)c(C)n2)c1. The quantitative estimate of drug-likeness (QED) is 0.933. The Kier molecular flexibility index (Phi) is 4.20. The Morgan fingerprint density at radius 2 is 2.11 bits per heavy atom. The van der Waals surface area contributed by atoms with E-state index in [9.17, 15) is 0 Å². The molecule has 0 aliphatic heterocycles. The molecule has 2 rings (SSSR count). The minimum absolute atomic E-state index is 0.727. The molecule has 0 bridgehead atoms. The number of pyridine rings is 1. The molecule has 0 spiro atoms. The lowest BCUT2D eigenvalue weighted by molar-refractivity contribution is 0.414. The number of ether oxygens (including phenoxy) is 1. The van der Waals surface area contributed by atoms with Crippen LogP contribution in [0.4, 0.5) is 5.82 Å². The molecule has 2 aromatic rings. The summed E-state index contributed by atoms with van der Waals surface area (Å²) < 4.78 is 6.21. The van der Waals surface area contributed by atoms with Gasteiger partial charge in [-0.2, -0.15) is 0 Å². The third-order valence-corrected chi connectivity index (χ3v) is 3.47. The first kappa shape index (κ1) is 12.9. The van der Waals surface area contributed by atoms with Crippen molar-refractivity contribution in [2.24, 2.45) is 0 Å². The maximum absolute atomic E-state index is 5.19. The number of hydrogen-bond donors (Lipinski definition) is 1. The molecule has 0 aliphatic carbocycles. The molecule has 1 aromatic heterocycles. The first-order valence-electron chi connectivity index (χ1n) is 5.69. The maximum atomic E-state index is 5.19. The number of halogens is 1. The largest absolute Gasteiger partial charge is 0.497 e. The van der Waals surface area contributed by atoms with Crippen molar-refractivity contribution in [3.8, 4) is 5.75 Å². The number of hydrogen-bond acceptors (Lipinski definition) is 3. The van der Waals surface area contributed by atoms with E-state index in [1.54, 1.807) is 7.11 Å². The molecule has 0 atom stereocenters. The predicted octanol–water partition coefficient (Wildman–Crippen LogP) is 3.77. The van der Waals surface area contributed by atoms with Crippen LogP contribution in [0.3, 0.4) is 0 Å². The number of nitrogens with one attached hydrogen (secondary N) is 1. The van der Waals surface area contributed by atoms with Gasteiger partial charge in [-0.3, -0.25) is 0 Å². The number of aryl methyl sites for hydroxylation is 1. The van der Waals surface area contributed by atoms with Crippen LogP contribution in [0.15, 0.2) is 40.9 Å². The second-order valence-electron chi connectivity index (χ2n) is 3.97. The van der Waals surface area contributed by atoms with Crippen LogP contribution >= 0.6 is 15.9 Å². The maximum Gasteiger partial charge on any atom is 0.126 e. The molecule has 4 heteroatoms. The normalized spacial score (nSPS) is 10.2. The highest BCUT2D eigenvalue weighted by Gasteiger charge is 2.00. The van der Waals surface area contributed by atoms with Gasteiger partial charge in [-0.1, -0.05) is 12.1 Å². The first-order valence-corrected chi connectivity index (χ1v) is 6.48. The smallest absolute Gasteiger partial charge is 0.126 e. The summed E-state index contributed by atoms with van der Waals surface area (Å²) >= 11 is 3.44. The van der Waals surface area contributed by atoms with E-state index in [-0.39, 0.29) is 0 Å². The van der Waals surface area contributed by atoms with Crippen molar-refractivity contribution in [2.75, 3.05) is 12.4 Å². The van der Waals surface area contributed by atoms with Gasteiger partial charge in [0.15, 0.2) is 0 Å². The van der Waals surface area contributed by atoms with E-state index in [4.69, 9.17) is 4.74 Å². The summed E-state index contributed by atoms with van der Waals surface area (Å²) in [5.74, 6) is 1.74. The molecule has 1 heterocycles. The summed E-state index contributed by atoms with van der Waals surface area (Å²) in [4.78, 5) is 4.44. The van der Waals surface area contributed by atoms with Crippen molar-refractivity contribution in [1.29, 1.82) is 0 Å². The number of rotatable bonds is 4. The van der Waals surface area contributed by atoms with Crippen LogP contribution in [0.2, 0.25) is 0 Å². The Hall–Kier alpha value is -1.55. The summed E-state index contributed by atoms with van der Waals surface area (Å²) in [5, 5.41) is 3.29. The van der Waals surface area contributed by atoms with Crippen molar-refractivity contribution in [3.63, 3.8) is 0 Å². The first-order chi connectivity index (χ1) is 8.69. The molecule has 94 valence electrons. The van der Waals surface area contributed by atoms with Crippen molar-refractivity contribution >= 4 is 21.7 Å². The second-order valence-corrected chi connectivity index (χ2v) is 4.82. The van der Waals surface area contributed by atoms with E-state index < -0.39 is 0 Å². The van der Waals surface area contributed by atoms with Crippen LogP contribution in [-0.2, 0) is 6.54 Å². The van der Waals surface area contributed by atoms with Crippen LogP contribution in [0.25, 0.3) is 0 Å². The summed E-state index contributed by atoms with van der Waals surface area (Å²) in [6, 6.07) is 11.9. The summed E-state index contributed by atoms with van der Waals surface area (Å²) in [7, 11) is 1.67. The molecule has 0 fully saturated rings. The summed E-state index contributed by atoms with van der Waals surface area (Å²) in [6.45, 7) is 2.70. The molecule has 0 unspecified atom stereocenters. The van der Waals surface area contributed by atoms with Crippen LogP contribution < -0.4 is 10.1 Å². The van der Waals surface area contributed by atoms with Gasteiger partial charge in [-0.05, 0) is 52.7 Å². The van der Waals surface area contributed by atoms with Gasteiger partial charge in [0.2, 0.25) is 0 Å². The Morgan fingerprint density at radius 3 is 2.83 bits per heavy atom. The van der Waals surface area contributed by atoms with E-state index in [1.807, 2.05) is 37.3 Å². The lowest BCUT2D eigenvalue weighted by atomic mass is 10.2. The molecule has 18 heavy (non-hydrogen) atoms. The number of benzene rings is 1. The highest BCUT2D eigenvalue weighted by Crippen LogP contribution is 2.17. The topological polar surface area (TPSA) is 34.1 Å². The summed E-state index contributed by atoms with van der Waals surface area (Å²) in [5.41, 5.74) is 2.14. The minimum Gasteiger partial charge on any atom is -0.497 e. The Labute approximate surface area is 115 Å². The van der Waals surface area contributed by atoms with Crippen LogP contribution in [-0.4, -0.2) is 12.1 Å². The minimum atomic E-state index is 0.727. The molecular formula is C14H15BrN2O. The number of aromatic nitrogens is 1. The van der Waals surface area contributed by atoms with Gasteiger partial charge in [-0.25, -0.2) is 4.98 Å². The van der Waals surface area contributed by atoms with Gasteiger partial charge >= 0.3 is 0 Å². The van der Waals surface area contributed by atoms with Crippen LogP contribution in [0.5, 0.6) is 5.75 Å². The zero-order valence-electron chi connectivity index (χ0n) is 10.4. The fourth-order valence-corrected chi connectivity index (χ4v) is 1.84. The van der Waals surface area contributed by atoms with Crippen LogP contribution in [0.1, 0.15) is 11.3 Å². The van der Waals surface area contributed by atoms with Gasteiger partial charge in [0, 0.05) is 11.0 Å². The van der Waals surface area contributed by atoms with Crippen molar-refractivity contribution in [2.45, 2.75) is 13.5 Å². The zero-order valence-corrected chi connectivity index (χ0v) is 12.0. The summed E-state index contributed by atoms with van der Waals surface area (Å²) in [6.07, 6.45) is 0. The average Bonchev–Trinajstić information content (AvgIpc) is 2.40. The Balaban J connectivity index is 2.04. The zero-order chi connectivity index (χ0) is 13.0. The van der Waals surface area contributed by atoms with E-state index in [0.717, 1.165) is 33.8 Å². The van der Waals surface area contributed by atoms with E-state index in [2.05, 4.69) is 32.3 Å². The van der Waals surface area contributed by atoms with Gasteiger partial charge in [-0.15, -0.1) is 0 Å². The molecule has 0 amide bonds. The van der Waals surface area contributed by atoms with E-state index in [1.165, 1.54) is 0 Å². The third-order valence-electron chi connectivity index (χ3n) is 2.63. The standard InChI is InChI=1S/C14H15BrN2O/c1-10-13(15)6-7-14(17-10)16-9-11-4-3-5-12(8-11)18-2/h3-8H,9H2,1-2H3,(H,16,17). The molecule has 1 N–H and O–H groups in total. The van der Waals surface area contributed by atoms with Crippen molar-refractivity contribution in [1.82, 2.24) is 4.98 Å². The van der Waals surface area contributed by atoms with Gasteiger partial charge < -0.3 is 10.1 Å². The van der Waals surface area contributed by atoms with Crippen molar-refractivity contribution < 1.29 is 4.74 Å². The second kappa shape index (κ2) is 5.87. The molecular weight excluding hydrogens is 292 g/mol. The lowest BCUT2D eigenvalue weighted by Gasteiger charge is -2.08. The molecule has 0 aliphatic rings. The Morgan fingerprint density at radius 1 is 1.28 bits per heavy atom. The number of nitrogens with zero attached hydrogens (tertiary/aromatic N) is 1. The van der Waals surface area contributed by atoms with Crippen molar-refractivity contribution in [3.05, 3.63) is 52.1 Å². The van der Waals surface area contributed by atoms with E-state index >= 15 is 0 Å². The highest BCUT2D eigenvalue weighted by atomic mass is 79.9. The molecule has 0 radical (unpaired) electrons. The highest BCUT2D eigenvalue weighted by molar-refractivity contribution is 9.10. The molecule has 0 saturated heterocycles. The molecule has 0 saturated carbocycles. The molecule has 1 aromatic carbocycles. The lowest BCUT2D eigenvalue weighted by Crippen LogP contribution is -2.02. The van der Waals surface area contributed by atoms with E-state index in [0.29, 0.717) is 0 Å². The van der Waals surface area contributed by atoms with Gasteiger partial charge in [0.1, 0.15) is 11.6 Å². The van der Waals surface area contributed by atoms with Gasteiger partial charge in [0.05, 0.1) is 12.8 Å². The van der Waals surface area contributed by atoms with Gasteiger partial charge in [0.25, 0.3) is 0 Å². The fraction of sp³-hybridized carbons (Fsp3) is 0.214. The molecule has 3 nitrogen and oxygen atoms in total. The fourth-order valence-electron chi connectivity index (χ4n) is 1.62. The van der Waals surface area contributed by atoms with Crippen LogP contribution in [0, 0.1) is 6.92 Å². The predicted molar refractivity (Wildman–Crippen MR) is 77.0 cm³/mol.